The van der Waals surface area contributed by atoms with E-state index in [1.54, 1.807) is 6.20 Å². The number of ether oxygens (including phenoxy) is 1. The van der Waals surface area contributed by atoms with Crippen LogP contribution in [-0.4, -0.2) is 22.1 Å². The largest absolute Gasteiger partial charge is 0.489 e. The molecule has 1 saturated carbocycles. The summed E-state index contributed by atoms with van der Waals surface area (Å²) in [5.41, 5.74) is 7.33. The number of nitrogens with two attached hydrogens (primary N) is 1. The Morgan fingerprint density at radius 3 is 2.79 bits per heavy atom. The van der Waals surface area contributed by atoms with E-state index in [4.69, 9.17) is 10.5 Å². The van der Waals surface area contributed by atoms with Crippen LogP contribution in [0.5, 0.6) is 5.75 Å². The lowest BCUT2D eigenvalue weighted by Gasteiger charge is -2.16. The molecule has 3 nitrogen and oxygen atoms in total. The van der Waals surface area contributed by atoms with Crippen LogP contribution in [0.2, 0.25) is 0 Å². The SMILES string of the molecule is CC(C)Oc1cncc(C(N)CSC2CCCC2)c1. The zero-order chi connectivity index (χ0) is 13.7. The topological polar surface area (TPSA) is 48.1 Å². The van der Waals surface area contributed by atoms with Gasteiger partial charge in [0.2, 0.25) is 0 Å². The molecule has 1 atom stereocenters. The summed E-state index contributed by atoms with van der Waals surface area (Å²) in [5.74, 6) is 1.78. The molecule has 106 valence electrons. The van der Waals surface area contributed by atoms with Crippen molar-refractivity contribution in [3.05, 3.63) is 24.0 Å². The predicted molar refractivity (Wildman–Crippen MR) is 81.6 cm³/mol. The third-order valence-corrected chi connectivity index (χ3v) is 4.84. The van der Waals surface area contributed by atoms with Crippen LogP contribution in [0.4, 0.5) is 0 Å². The van der Waals surface area contributed by atoms with E-state index in [9.17, 15) is 0 Å². The standard InChI is InChI=1S/C15H24N2OS/c1-11(2)18-13-7-12(8-17-9-13)15(16)10-19-14-5-3-4-6-14/h7-9,11,14-15H,3-6,10,16H2,1-2H3. The molecular weight excluding hydrogens is 256 g/mol. The smallest absolute Gasteiger partial charge is 0.138 e. The Bertz CT molecular complexity index is 391. The highest BCUT2D eigenvalue weighted by molar-refractivity contribution is 7.99. The van der Waals surface area contributed by atoms with E-state index in [1.807, 2.05) is 37.9 Å². The van der Waals surface area contributed by atoms with Gasteiger partial charge in [0, 0.05) is 23.2 Å². The zero-order valence-corrected chi connectivity index (χ0v) is 12.7. The quantitative estimate of drug-likeness (QED) is 0.866. The first-order chi connectivity index (χ1) is 9.15. The number of rotatable bonds is 6. The molecule has 19 heavy (non-hydrogen) atoms. The molecule has 1 fully saturated rings. The van der Waals surface area contributed by atoms with E-state index in [-0.39, 0.29) is 12.1 Å². The first kappa shape index (κ1) is 14.7. The van der Waals surface area contributed by atoms with Crippen molar-refractivity contribution >= 4 is 11.8 Å². The molecule has 4 heteroatoms. The third kappa shape index (κ3) is 4.69. The maximum absolute atomic E-state index is 6.26. The Hall–Kier alpha value is -0.740. The van der Waals surface area contributed by atoms with E-state index in [0.29, 0.717) is 0 Å². The third-order valence-electron chi connectivity index (χ3n) is 3.35. The van der Waals surface area contributed by atoms with Crippen LogP contribution in [0.3, 0.4) is 0 Å². The molecule has 0 bridgehead atoms. The molecule has 0 aliphatic heterocycles. The summed E-state index contributed by atoms with van der Waals surface area (Å²) in [6, 6.07) is 2.07. The lowest BCUT2D eigenvalue weighted by molar-refractivity contribution is 0.241. The lowest BCUT2D eigenvalue weighted by atomic mass is 10.1. The molecule has 1 heterocycles. The highest BCUT2D eigenvalue weighted by Crippen LogP contribution is 2.31. The van der Waals surface area contributed by atoms with Crippen LogP contribution in [0.15, 0.2) is 18.5 Å². The van der Waals surface area contributed by atoms with E-state index in [1.165, 1.54) is 25.7 Å². The van der Waals surface area contributed by atoms with Gasteiger partial charge in [0.05, 0.1) is 12.3 Å². The minimum atomic E-state index is 0.0498. The summed E-state index contributed by atoms with van der Waals surface area (Å²) in [5, 5.41) is 0.814. The van der Waals surface area contributed by atoms with Gasteiger partial charge in [0.25, 0.3) is 0 Å². The van der Waals surface area contributed by atoms with Gasteiger partial charge in [-0.2, -0.15) is 11.8 Å². The first-order valence-electron chi connectivity index (χ1n) is 7.14. The van der Waals surface area contributed by atoms with Gasteiger partial charge in [-0.15, -0.1) is 0 Å². The Morgan fingerprint density at radius 2 is 2.11 bits per heavy atom. The van der Waals surface area contributed by atoms with Gasteiger partial charge in [0.1, 0.15) is 5.75 Å². The van der Waals surface area contributed by atoms with Crippen LogP contribution < -0.4 is 10.5 Å². The summed E-state index contributed by atoms with van der Waals surface area (Å²) >= 11 is 2.01. The molecule has 0 spiro atoms. The summed E-state index contributed by atoms with van der Waals surface area (Å²) in [6.45, 7) is 4.03. The maximum atomic E-state index is 6.26. The first-order valence-corrected chi connectivity index (χ1v) is 8.19. The minimum Gasteiger partial charge on any atom is -0.489 e. The van der Waals surface area contributed by atoms with Crippen molar-refractivity contribution in [1.82, 2.24) is 4.98 Å². The fraction of sp³-hybridized carbons (Fsp3) is 0.667. The van der Waals surface area contributed by atoms with Crippen LogP contribution in [0.25, 0.3) is 0 Å². The number of pyridine rings is 1. The molecule has 1 unspecified atom stereocenters. The van der Waals surface area contributed by atoms with Crippen LogP contribution in [0.1, 0.15) is 51.1 Å². The van der Waals surface area contributed by atoms with E-state index < -0.39 is 0 Å². The van der Waals surface area contributed by atoms with Crippen molar-refractivity contribution in [2.75, 3.05) is 5.75 Å². The van der Waals surface area contributed by atoms with Gasteiger partial charge >= 0.3 is 0 Å². The van der Waals surface area contributed by atoms with Gasteiger partial charge < -0.3 is 10.5 Å². The Kier molecular flexibility index (Phi) is 5.52. The fourth-order valence-electron chi connectivity index (χ4n) is 2.37. The number of hydrogen-bond donors (Lipinski definition) is 1. The summed E-state index contributed by atoms with van der Waals surface area (Å²) in [4.78, 5) is 4.22. The molecule has 1 aromatic heterocycles. The van der Waals surface area contributed by atoms with Crippen molar-refractivity contribution in [2.24, 2.45) is 5.73 Å². The van der Waals surface area contributed by atoms with Crippen LogP contribution >= 0.6 is 11.8 Å². The molecule has 1 aliphatic rings. The molecule has 0 aromatic carbocycles. The second-order valence-electron chi connectivity index (χ2n) is 5.47. The molecule has 0 saturated heterocycles. The molecule has 1 aliphatic carbocycles. The highest BCUT2D eigenvalue weighted by Gasteiger charge is 2.17. The van der Waals surface area contributed by atoms with Gasteiger partial charge in [-0.3, -0.25) is 4.98 Å². The van der Waals surface area contributed by atoms with Gasteiger partial charge in [-0.05, 0) is 38.3 Å². The Balaban J connectivity index is 1.88. The van der Waals surface area contributed by atoms with Crippen molar-refractivity contribution in [3.63, 3.8) is 0 Å². The second-order valence-corrected chi connectivity index (χ2v) is 6.80. The minimum absolute atomic E-state index is 0.0498. The van der Waals surface area contributed by atoms with Crippen molar-refractivity contribution < 1.29 is 4.74 Å². The van der Waals surface area contributed by atoms with Gasteiger partial charge in [0.15, 0.2) is 0 Å². The van der Waals surface area contributed by atoms with E-state index >= 15 is 0 Å². The molecule has 0 radical (unpaired) electrons. The maximum Gasteiger partial charge on any atom is 0.138 e. The molecule has 2 rings (SSSR count). The van der Waals surface area contributed by atoms with Gasteiger partial charge in [-0.25, -0.2) is 0 Å². The monoisotopic (exact) mass is 280 g/mol. The van der Waals surface area contributed by atoms with Crippen LogP contribution in [0, 0.1) is 0 Å². The summed E-state index contributed by atoms with van der Waals surface area (Å²) < 4.78 is 5.66. The van der Waals surface area contributed by atoms with Crippen LogP contribution in [-0.2, 0) is 0 Å². The average molecular weight is 280 g/mol. The summed E-state index contributed by atoms with van der Waals surface area (Å²) in [6.07, 6.45) is 9.24. The van der Waals surface area contributed by atoms with Crippen molar-refractivity contribution in [3.8, 4) is 5.75 Å². The number of aromatic nitrogens is 1. The van der Waals surface area contributed by atoms with Gasteiger partial charge in [-0.1, -0.05) is 12.8 Å². The predicted octanol–water partition coefficient (Wildman–Crippen LogP) is 3.54. The normalized spacial score (nSPS) is 17.9. The second kappa shape index (κ2) is 7.15. The molecule has 1 aromatic rings. The molecule has 0 amide bonds. The highest BCUT2D eigenvalue weighted by atomic mass is 32.2. The van der Waals surface area contributed by atoms with E-state index in [2.05, 4.69) is 4.98 Å². The number of thioether (sulfide) groups is 1. The van der Waals surface area contributed by atoms with E-state index in [0.717, 1.165) is 22.3 Å². The summed E-state index contributed by atoms with van der Waals surface area (Å²) in [7, 11) is 0. The fourth-order valence-corrected chi connectivity index (χ4v) is 3.70. The zero-order valence-electron chi connectivity index (χ0n) is 11.8. The van der Waals surface area contributed by atoms with Crippen molar-refractivity contribution in [2.45, 2.75) is 56.9 Å². The molecular formula is C15H24N2OS. The Morgan fingerprint density at radius 1 is 1.37 bits per heavy atom. The van der Waals surface area contributed by atoms with Crippen molar-refractivity contribution in [1.29, 1.82) is 0 Å². The Labute approximate surface area is 120 Å². The molecule has 2 N–H and O–H groups in total. The average Bonchev–Trinajstić information content (AvgIpc) is 2.88. The lowest BCUT2D eigenvalue weighted by Crippen LogP contribution is -2.15. The number of hydrogen-bond acceptors (Lipinski definition) is 4. The number of nitrogens with zero attached hydrogens (tertiary/aromatic N) is 1.